The molecule has 0 aromatic heterocycles. The van der Waals surface area contributed by atoms with Crippen LogP contribution in [-0.4, -0.2) is 41.3 Å². The standard InChI is InChI=1S/C14H18N2O2S/c1-10(17)11-4-3-5-12(8-11)15-14(18)16(2)13-6-7-19-9-13/h3-5,8,13H,6-7,9H2,1-2H3,(H,15,18). The molecule has 0 radical (unpaired) electrons. The van der Waals surface area contributed by atoms with Crippen molar-refractivity contribution in [1.29, 1.82) is 0 Å². The Hall–Kier alpha value is -1.49. The predicted molar refractivity (Wildman–Crippen MR) is 79.0 cm³/mol. The Balaban J connectivity index is 2.01. The van der Waals surface area contributed by atoms with Crippen LogP contribution in [0.2, 0.25) is 0 Å². The van der Waals surface area contributed by atoms with Crippen molar-refractivity contribution in [2.75, 3.05) is 23.9 Å². The van der Waals surface area contributed by atoms with Gasteiger partial charge in [0, 0.05) is 30.1 Å². The van der Waals surface area contributed by atoms with Crippen molar-refractivity contribution in [1.82, 2.24) is 4.90 Å². The van der Waals surface area contributed by atoms with Gasteiger partial charge in [-0.15, -0.1) is 0 Å². The van der Waals surface area contributed by atoms with Gasteiger partial charge in [-0.2, -0.15) is 11.8 Å². The minimum atomic E-state index is -0.117. The third-order valence-electron chi connectivity index (χ3n) is 3.29. The Bertz CT molecular complexity index is 484. The van der Waals surface area contributed by atoms with Gasteiger partial charge in [0.05, 0.1) is 0 Å². The van der Waals surface area contributed by atoms with Gasteiger partial charge in [0.1, 0.15) is 0 Å². The summed E-state index contributed by atoms with van der Waals surface area (Å²) in [6, 6.07) is 7.21. The highest BCUT2D eigenvalue weighted by atomic mass is 32.2. The Morgan fingerprint density at radius 2 is 2.21 bits per heavy atom. The molecule has 1 N–H and O–H groups in total. The van der Waals surface area contributed by atoms with Crippen LogP contribution in [0.25, 0.3) is 0 Å². The summed E-state index contributed by atoms with van der Waals surface area (Å²) >= 11 is 1.87. The van der Waals surface area contributed by atoms with E-state index in [9.17, 15) is 9.59 Å². The molecule has 0 aliphatic carbocycles. The first kappa shape index (κ1) is 13.9. The molecular weight excluding hydrogens is 260 g/mol. The highest BCUT2D eigenvalue weighted by Gasteiger charge is 2.23. The average Bonchev–Trinajstić information content (AvgIpc) is 2.92. The summed E-state index contributed by atoms with van der Waals surface area (Å²) in [5.41, 5.74) is 1.27. The van der Waals surface area contributed by atoms with E-state index < -0.39 is 0 Å². The van der Waals surface area contributed by atoms with Gasteiger partial charge < -0.3 is 10.2 Å². The number of hydrogen-bond donors (Lipinski definition) is 1. The number of Topliss-reactive ketones (excluding diaryl/α,β-unsaturated/α-hetero) is 1. The van der Waals surface area contributed by atoms with Gasteiger partial charge in [-0.25, -0.2) is 4.79 Å². The number of nitrogens with one attached hydrogen (secondary N) is 1. The van der Waals surface area contributed by atoms with Gasteiger partial charge in [0.25, 0.3) is 0 Å². The van der Waals surface area contributed by atoms with Crippen molar-refractivity contribution in [3.8, 4) is 0 Å². The highest BCUT2D eigenvalue weighted by molar-refractivity contribution is 7.99. The maximum Gasteiger partial charge on any atom is 0.321 e. The van der Waals surface area contributed by atoms with E-state index in [-0.39, 0.29) is 11.8 Å². The minimum absolute atomic E-state index is 0.00311. The molecule has 102 valence electrons. The number of rotatable bonds is 3. The lowest BCUT2D eigenvalue weighted by atomic mass is 10.1. The molecule has 2 amide bonds. The second kappa shape index (κ2) is 6.10. The Kier molecular flexibility index (Phi) is 4.47. The topological polar surface area (TPSA) is 49.4 Å². The van der Waals surface area contributed by atoms with Gasteiger partial charge in [0.2, 0.25) is 0 Å². The van der Waals surface area contributed by atoms with E-state index >= 15 is 0 Å². The van der Waals surface area contributed by atoms with Crippen LogP contribution in [0.15, 0.2) is 24.3 Å². The molecule has 1 saturated heterocycles. The second-order valence-electron chi connectivity index (χ2n) is 4.70. The molecule has 1 atom stereocenters. The molecule has 1 fully saturated rings. The number of amides is 2. The summed E-state index contributed by atoms with van der Waals surface area (Å²) < 4.78 is 0. The number of nitrogens with zero attached hydrogens (tertiary/aromatic N) is 1. The Morgan fingerprint density at radius 1 is 1.42 bits per heavy atom. The summed E-state index contributed by atoms with van der Waals surface area (Å²) in [4.78, 5) is 25.2. The number of carbonyl (C=O) groups is 2. The van der Waals surface area contributed by atoms with Crippen molar-refractivity contribution < 1.29 is 9.59 Å². The maximum absolute atomic E-state index is 12.1. The summed E-state index contributed by atoms with van der Waals surface area (Å²) in [5.74, 6) is 2.11. The molecule has 4 nitrogen and oxygen atoms in total. The minimum Gasteiger partial charge on any atom is -0.324 e. The molecule has 1 heterocycles. The van der Waals surface area contributed by atoms with E-state index in [1.165, 1.54) is 6.92 Å². The lowest BCUT2D eigenvalue weighted by molar-refractivity contribution is 0.101. The largest absolute Gasteiger partial charge is 0.324 e. The quantitative estimate of drug-likeness (QED) is 0.865. The first-order valence-corrected chi connectivity index (χ1v) is 7.46. The van der Waals surface area contributed by atoms with E-state index in [0.29, 0.717) is 17.3 Å². The van der Waals surface area contributed by atoms with Crippen LogP contribution in [0, 0.1) is 0 Å². The Morgan fingerprint density at radius 3 is 2.84 bits per heavy atom. The van der Waals surface area contributed by atoms with Crippen LogP contribution >= 0.6 is 11.8 Å². The van der Waals surface area contributed by atoms with Crippen molar-refractivity contribution in [2.24, 2.45) is 0 Å². The third kappa shape index (κ3) is 3.50. The van der Waals surface area contributed by atoms with Crippen LogP contribution in [-0.2, 0) is 0 Å². The van der Waals surface area contributed by atoms with Crippen molar-refractivity contribution in [3.63, 3.8) is 0 Å². The molecule has 1 aromatic rings. The van der Waals surface area contributed by atoms with Crippen LogP contribution in [0.3, 0.4) is 0 Å². The number of urea groups is 1. The fraction of sp³-hybridized carbons (Fsp3) is 0.429. The molecule has 0 bridgehead atoms. The van der Waals surface area contributed by atoms with E-state index in [4.69, 9.17) is 0 Å². The summed E-state index contributed by atoms with van der Waals surface area (Å²) in [6.45, 7) is 1.52. The molecule has 1 aliphatic rings. The lowest BCUT2D eigenvalue weighted by Gasteiger charge is -2.24. The monoisotopic (exact) mass is 278 g/mol. The first-order chi connectivity index (χ1) is 9.08. The molecule has 1 aromatic carbocycles. The van der Waals surface area contributed by atoms with Gasteiger partial charge in [0.15, 0.2) is 5.78 Å². The van der Waals surface area contributed by atoms with Gasteiger partial charge in [-0.3, -0.25) is 4.79 Å². The molecule has 1 aliphatic heterocycles. The van der Waals surface area contributed by atoms with E-state index in [1.54, 1.807) is 29.2 Å². The molecule has 0 spiro atoms. The smallest absolute Gasteiger partial charge is 0.321 e. The number of thioether (sulfide) groups is 1. The summed E-state index contributed by atoms with van der Waals surface area (Å²) in [6.07, 6.45) is 1.04. The Labute approximate surface area is 117 Å². The van der Waals surface area contributed by atoms with Crippen LogP contribution in [0.4, 0.5) is 10.5 Å². The molecule has 5 heteroatoms. The fourth-order valence-electron chi connectivity index (χ4n) is 2.02. The first-order valence-electron chi connectivity index (χ1n) is 6.30. The van der Waals surface area contributed by atoms with Crippen LogP contribution in [0.1, 0.15) is 23.7 Å². The zero-order valence-corrected chi connectivity index (χ0v) is 12.0. The van der Waals surface area contributed by atoms with Gasteiger partial charge in [-0.05, 0) is 31.2 Å². The molecule has 0 saturated carbocycles. The highest BCUT2D eigenvalue weighted by Crippen LogP contribution is 2.22. The van der Waals surface area contributed by atoms with Crippen LogP contribution < -0.4 is 5.32 Å². The van der Waals surface area contributed by atoms with Crippen molar-refractivity contribution >= 4 is 29.3 Å². The number of anilines is 1. The summed E-state index contributed by atoms with van der Waals surface area (Å²) in [7, 11) is 1.82. The fourth-order valence-corrected chi connectivity index (χ4v) is 3.29. The van der Waals surface area contributed by atoms with Gasteiger partial charge in [-0.1, -0.05) is 12.1 Å². The lowest BCUT2D eigenvalue weighted by Crippen LogP contribution is -2.39. The predicted octanol–water partition coefficient (Wildman–Crippen LogP) is 2.86. The molecular formula is C14H18N2O2S. The molecule has 2 rings (SSSR count). The normalized spacial score (nSPS) is 18.1. The van der Waals surface area contributed by atoms with Crippen molar-refractivity contribution in [3.05, 3.63) is 29.8 Å². The molecule has 1 unspecified atom stereocenters. The SMILES string of the molecule is CC(=O)c1cccc(NC(=O)N(C)C2CCSC2)c1. The van der Waals surface area contributed by atoms with Gasteiger partial charge >= 0.3 is 6.03 Å². The van der Waals surface area contributed by atoms with E-state index in [0.717, 1.165) is 17.9 Å². The summed E-state index contributed by atoms with van der Waals surface area (Å²) in [5, 5.41) is 2.84. The second-order valence-corrected chi connectivity index (χ2v) is 5.85. The number of ketones is 1. The zero-order valence-electron chi connectivity index (χ0n) is 11.2. The van der Waals surface area contributed by atoms with Crippen molar-refractivity contribution in [2.45, 2.75) is 19.4 Å². The number of benzene rings is 1. The zero-order chi connectivity index (χ0) is 13.8. The average molecular weight is 278 g/mol. The van der Waals surface area contributed by atoms with E-state index in [2.05, 4.69) is 5.32 Å². The van der Waals surface area contributed by atoms with Crippen LogP contribution in [0.5, 0.6) is 0 Å². The number of carbonyl (C=O) groups excluding carboxylic acids is 2. The number of hydrogen-bond acceptors (Lipinski definition) is 3. The third-order valence-corrected chi connectivity index (χ3v) is 4.44. The van der Waals surface area contributed by atoms with E-state index in [1.807, 2.05) is 18.8 Å². The maximum atomic E-state index is 12.1. The molecule has 19 heavy (non-hydrogen) atoms.